The number of amides is 1. The first kappa shape index (κ1) is 23.6. The molecule has 36 heavy (non-hydrogen) atoms. The molecular weight excluding hydrogens is 454 g/mol. The van der Waals surface area contributed by atoms with Crippen LogP contribution < -0.4 is 4.74 Å². The van der Waals surface area contributed by atoms with Crippen LogP contribution in [0.4, 0.5) is 0 Å². The number of carbonyl (C=O) groups excluding carboxylic acids is 1. The number of para-hydroxylation sites is 1. The predicted molar refractivity (Wildman–Crippen MR) is 137 cm³/mol. The Morgan fingerprint density at radius 3 is 2.58 bits per heavy atom. The molecule has 1 atom stereocenters. The molecular formula is C29H29N3O4. The fourth-order valence-corrected chi connectivity index (χ4v) is 4.87. The van der Waals surface area contributed by atoms with E-state index in [9.17, 15) is 9.90 Å². The van der Waals surface area contributed by atoms with Gasteiger partial charge in [-0.1, -0.05) is 36.4 Å². The van der Waals surface area contributed by atoms with Crippen molar-refractivity contribution in [3.8, 4) is 28.5 Å². The third-order valence-corrected chi connectivity index (χ3v) is 6.46. The van der Waals surface area contributed by atoms with Crippen LogP contribution in [0.15, 0.2) is 66.7 Å². The van der Waals surface area contributed by atoms with Crippen molar-refractivity contribution in [1.29, 1.82) is 0 Å². The lowest BCUT2D eigenvalue weighted by Crippen LogP contribution is -2.31. The predicted octanol–water partition coefficient (Wildman–Crippen LogP) is 5.77. The first-order valence-electron chi connectivity index (χ1n) is 12.0. The molecule has 5 rings (SSSR count). The Balaban J connectivity index is 1.61. The molecule has 2 heterocycles. The number of aromatic hydroxyl groups is 1. The van der Waals surface area contributed by atoms with Gasteiger partial charge < -0.3 is 19.5 Å². The Morgan fingerprint density at radius 1 is 1.03 bits per heavy atom. The molecule has 2 N–H and O–H groups in total. The minimum absolute atomic E-state index is 0.122. The van der Waals surface area contributed by atoms with E-state index in [-0.39, 0.29) is 11.7 Å². The molecule has 1 aliphatic rings. The molecule has 3 aromatic carbocycles. The Labute approximate surface area is 210 Å². The number of phenols is 1. The summed E-state index contributed by atoms with van der Waals surface area (Å²) >= 11 is 0. The molecule has 184 valence electrons. The van der Waals surface area contributed by atoms with Crippen molar-refractivity contribution in [3.63, 3.8) is 0 Å². The van der Waals surface area contributed by atoms with E-state index in [4.69, 9.17) is 9.47 Å². The van der Waals surface area contributed by atoms with E-state index < -0.39 is 6.04 Å². The third kappa shape index (κ3) is 4.33. The highest BCUT2D eigenvalue weighted by atomic mass is 16.5. The molecule has 0 bridgehead atoms. The van der Waals surface area contributed by atoms with Crippen LogP contribution in [-0.2, 0) is 4.74 Å². The van der Waals surface area contributed by atoms with Crippen molar-refractivity contribution in [2.45, 2.75) is 26.3 Å². The van der Waals surface area contributed by atoms with Crippen molar-refractivity contribution < 1.29 is 19.4 Å². The molecule has 0 saturated heterocycles. The van der Waals surface area contributed by atoms with Crippen LogP contribution in [0.1, 0.15) is 45.2 Å². The van der Waals surface area contributed by atoms with Crippen LogP contribution in [0.3, 0.4) is 0 Å². The minimum Gasteiger partial charge on any atom is -0.507 e. The van der Waals surface area contributed by atoms with Gasteiger partial charge >= 0.3 is 0 Å². The van der Waals surface area contributed by atoms with Crippen molar-refractivity contribution in [2.24, 2.45) is 0 Å². The maximum absolute atomic E-state index is 13.5. The summed E-state index contributed by atoms with van der Waals surface area (Å²) in [6.07, 6.45) is 0.695. The van der Waals surface area contributed by atoms with Gasteiger partial charge in [0.15, 0.2) is 0 Å². The van der Waals surface area contributed by atoms with Gasteiger partial charge in [0.1, 0.15) is 28.6 Å². The van der Waals surface area contributed by atoms with Gasteiger partial charge in [0, 0.05) is 31.4 Å². The molecule has 0 radical (unpaired) electrons. The summed E-state index contributed by atoms with van der Waals surface area (Å²) in [4.78, 5) is 15.4. The number of hydrogen-bond acceptors (Lipinski definition) is 5. The lowest BCUT2D eigenvalue weighted by atomic mass is 9.94. The topological polar surface area (TPSA) is 87.7 Å². The van der Waals surface area contributed by atoms with Gasteiger partial charge in [0.05, 0.1) is 6.04 Å². The summed E-state index contributed by atoms with van der Waals surface area (Å²) in [5.74, 6) is 1.46. The lowest BCUT2D eigenvalue weighted by molar-refractivity contribution is 0.0723. The normalized spacial score (nSPS) is 14.8. The molecule has 0 fully saturated rings. The number of phenolic OH excluding ortho intramolecular Hbond substituents is 1. The van der Waals surface area contributed by atoms with E-state index in [0.717, 1.165) is 28.0 Å². The monoisotopic (exact) mass is 483 g/mol. The number of carbonyl (C=O) groups is 1. The molecule has 1 aromatic heterocycles. The highest BCUT2D eigenvalue weighted by Gasteiger charge is 2.42. The number of aromatic nitrogens is 2. The average Bonchev–Trinajstić information content (AvgIpc) is 3.41. The fraction of sp³-hybridized carbons (Fsp3) is 0.241. The highest BCUT2D eigenvalue weighted by Crippen LogP contribution is 2.45. The summed E-state index contributed by atoms with van der Waals surface area (Å²) in [6.45, 7) is 4.90. The Bertz CT molecular complexity index is 1400. The number of aryl methyl sites for hydroxylation is 2. The van der Waals surface area contributed by atoms with Gasteiger partial charge in [0.2, 0.25) is 0 Å². The maximum atomic E-state index is 13.5. The number of fused-ring (bicyclic) bond motifs is 1. The van der Waals surface area contributed by atoms with E-state index >= 15 is 0 Å². The summed E-state index contributed by atoms with van der Waals surface area (Å²) in [5.41, 5.74) is 5.06. The number of ether oxygens (including phenoxy) is 2. The second-order valence-electron chi connectivity index (χ2n) is 9.07. The fourth-order valence-electron chi connectivity index (χ4n) is 4.87. The van der Waals surface area contributed by atoms with E-state index in [1.807, 2.05) is 85.5 Å². The van der Waals surface area contributed by atoms with Gasteiger partial charge in [0.25, 0.3) is 5.91 Å². The zero-order chi connectivity index (χ0) is 25.2. The standard InChI is InChI=1S/C29H29N3O4/c1-18-15-19(2)28(33)23(16-18)25-24-26(31-30-25)29(34)32(13-8-14-35-3)27(24)20-9-7-12-22(17-20)36-21-10-5-4-6-11-21/h4-7,9-12,15-17,27,33H,8,13-14H2,1-3H3,(H,30,31). The molecule has 1 amide bonds. The number of hydrogen-bond donors (Lipinski definition) is 2. The zero-order valence-corrected chi connectivity index (χ0v) is 20.6. The Kier molecular flexibility index (Phi) is 6.48. The number of nitrogens with zero attached hydrogens (tertiary/aromatic N) is 2. The van der Waals surface area contributed by atoms with Crippen molar-refractivity contribution >= 4 is 5.91 Å². The first-order valence-corrected chi connectivity index (χ1v) is 12.0. The number of nitrogens with one attached hydrogen (secondary N) is 1. The molecule has 1 aliphatic heterocycles. The molecule has 4 aromatic rings. The summed E-state index contributed by atoms with van der Waals surface area (Å²) in [7, 11) is 1.65. The first-order chi connectivity index (χ1) is 17.5. The number of methoxy groups -OCH3 is 1. The summed E-state index contributed by atoms with van der Waals surface area (Å²) in [6, 6.07) is 20.8. The Hall–Kier alpha value is -4.10. The van der Waals surface area contributed by atoms with E-state index in [0.29, 0.717) is 42.3 Å². The number of H-pyrrole nitrogens is 1. The SMILES string of the molecule is COCCCN1C(=O)c2[nH]nc(-c3cc(C)cc(C)c3O)c2C1c1cccc(Oc2ccccc2)c1. The van der Waals surface area contributed by atoms with Crippen molar-refractivity contribution in [2.75, 3.05) is 20.3 Å². The van der Waals surface area contributed by atoms with E-state index in [1.54, 1.807) is 7.11 Å². The third-order valence-electron chi connectivity index (χ3n) is 6.46. The average molecular weight is 484 g/mol. The largest absolute Gasteiger partial charge is 0.507 e. The molecule has 7 heteroatoms. The van der Waals surface area contributed by atoms with Crippen LogP contribution >= 0.6 is 0 Å². The van der Waals surface area contributed by atoms with Gasteiger partial charge in [-0.3, -0.25) is 9.89 Å². The van der Waals surface area contributed by atoms with Crippen LogP contribution in [0, 0.1) is 13.8 Å². The lowest BCUT2D eigenvalue weighted by Gasteiger charge is -2.27. The van der Waals surface area contributed by atoms with Crippen molar-refractivity contribution in [3.05, 3.63) is 94.7 Å². The second kappa shape index (κ2) is 9.87. The van der Waals surface area contributed by atoms with Gasteiger partial charge in [-0.2, -0.15) is 5.10 Å². The van der Waals surface area contributed by atoms with E-state index in [1.165, 1.54) is 0 Å². The number of aromatic amines is 1. The number of rotatable bonds is 8. The van der Waals surface area contributed by atoms with E-state index in [2.05, 4.69) is 10.2 Å². The number of benzene rings is 3. The van der Waals surface area contributed by atoms with Gasteiger partial charge in [-0.05, 0) is 67.3 Å². The van der Waals surface area contributed by atoms with Gasteiger partial charge in [-0.25, -0.2) is 0 Å². The summed E-state index contributed by atoms with van der Waals surface area (Å²) < 4.78 is 11.3. The smallest absolute Gasteiger partial charge is 0.273 e. The zero-order valence-electron chi connectivity index (χ0n) is 20.6. The minimum atomic E-state index is -0.391. The molecule has 7 nitrogen and oxygen atoms in total. The molecule has 0 saturated carbocycles. The highest BCUT2D eigenvalue weighted by molar-refractivity contribution is 6.00. The second-order valence-corrected chi connectivity index (χ2v) is 9.07. The summed E-state index contributed by atoms with van der Waals surface area (Å²) in [5, 5.41) is 18.4. The maximum Gasteiger partial charge on any atom is 0.273 e. The van der Waals surface area contributed by atoms with Crippen LogP contribution in [-0.4, -0.2) is 46.4 Å². The molecule has 0 spiro atoms. The molecule has 0 aliphatic carbocycles. The molecule has 1 unspecified atom stereocenters. The van der Waals surface area contributed by atoms with Crippen LogP contribution in [0.25, 0.3) is 11.3 Å². The van der Waals surface area contributed by atoms with Gasteiger partial charge in [-0.15, -0.1) is 0 Å². The van der Waals surface area contributed by atoms with Crippen molar-refractivity contribution in [1.82, 2.24) is 15.1 Å². The quantitative estimate of drug-likeness (QED) is 0.311. The van der Waals surface area contributed by atoms with Crippen LogP contribution in [0.5, 0.6) is 17.2 Å². The van der Waals surface area contributed by atoms with Crippen LogP contribution in [0.2, 0.25) is 0 Å². The Morgan fingerprint density at radius 2 is 1.81 bits per heavy atom.